The Morgan fingerprint density at radius 2 is 2.19 bits per heavy atom. The Morgan fingerprint density at radius 1 is 1.37 bits per heavy atom. The fraction of sp³-hybridized carbons (Fsp3) is 0.235. The molecule has 3 aromatic rings. The summed E-state index contributed by atoms with van der Waals surface area (Å²) in [5, 5.41) is 34.2. The third kappa shape index (κ3) is 3.51. The van der Waals surface area contributed by atoms with Crippen LogP contribution in [0.15, 0.2) is 29.4 Å². The number of phenolic OH excluding ortho intramolecular Hbond substituents is 1. The maximum Gasteiger partial charge on any atom is 0.235 e. The second kappa shape index (κ2) is 7.38. The summed E-state index contributed by atoms with van der Waals surface area (Å²) >= 11 is 2.69. The van der Waals surface area contributed by atoms with E-state index in [2.05, 4.69) is 26.9 Å². The number of phenols is 1. The quantitative estimate of drug-likeness (QED) is 0.634. The number of carbonyl (C=O) groups is 1. The fourth-order valence-electron chi connectivity index (χ4n) is 2.93. The van der Waals surface area contributed by atoms with Crippen LogP contribution in [-0.4, -0.2) is 37.0 Å². The number of hydrogen-bond acceptors (Lipinski definition) is 8. The van der Waals surface area contributed by atoms with E-state index in [9.17, 15) is 15.2 Å². The van der Waals surface area contributed by atoms with Crippen LogP contribution >= 0.6 is 23.1 Å². The van der Waals surface area contributed by atoms with Gasteiger partial charge in [0.2, 0.25) is 11.1 Å². The van der Waals surface area contributed by atoms with Gasteiger partial charge < -0.3 is 10.4 Å². The van der Waals surface area contributed by atoms with Crippen molar-refractivity contribution in [2.24, 2.45) is 0 Å². The number of benzene rings is 1. The molecule has 2 N–H and O–H groups in total. The molecule has 1 aliphatic rings. The Kier molecular flexibility index (Phi) is 4.79. The molecule has 136 valence electrons. The Hall–Kier alpha value is -2.90. The maximum absolute atomic E-state index is 12.3. The van der Waals surface area contributed by atoms with Gasteiger partial charge in [0.05, 0.1) is 17.0 Å². The molecular weight excluding hydrogens is 384 g/mol. The number of nitriles is 1. The molecule has 0 fully saturated rings. The number of nitrogens with one attached hydrogen (secondary N) is 1. The third-order valence-corrected chi connectivity index (χ3v) is 6.28. The van der Waals surface area contributed by atoms with Crippen LogP contribution < -0.4 is 5.32 Å². The van der Waals surface area contributed by atoms with E-state index >= 15 is 0 Å². The van der Waals surface area contributed by atoms with E-state index < -0.39 is 0 Å². The van der Waals surface area contributed by atoms with Crippen LogP contribution in [0.4, 0.5) is 5.00 Å². The first-order chi connectivity index (χ1) is 13.2. The number of nitrogens with zero attached hydrogens (tertiary/aromatic N) is 5. The first-order valence-corrected chi connectivity index (χ1v) is 10.0. The van der Waals surface area contributed by atoms with E-state index in [4.69, 9.17) is 0 Å². The Bertz CT molecular complexity index is 1030. The van der Waals surface area contributed by atoms with E-state index in [0.29, 0.717) is 21.4 Å². The minimum absolute atomic E-state index is 0.117. The van der Waals surface area contributed by atoms with E-state index in [1.807, 2.05) is 0 Å². The molecule has 2 aromatic heterocycles. The van der Waals surface area contributed by atoms with Gasteiger partial charge in [-0.2, -0.15) is 9.94 Å². The van der Waals surface area contributed by atoms with Gasteiger partial charge in [-0.05, 0) is 59.5 Å². The highest BCUT2D eigenvalue weighted by molar-refractivity contribution is 7.99. The molecule has 10 heteroatoms. The molecule has 0 spiro atoms. The number of anilines is 1. The van der Waals surface area contributed by atoms with Gasteiger partial charge in [-0.25, -0.2) is 0 Å². The third-order valence-electron chi connectivity index (χ3n) is 4.15. The predicted octanol–water partition coefficient (Wildman–Crippen LogP) is 2.52. The summed E-state index contributed by atoms with van der Waals surface area (Å²) in [6, 6.07) is 8.66. The molecule has 0 bridgehead atoms. The minimum atomic E-state index is -0.211. The lowest BCUT2D eigenvalue weighted by Gasteiger charge is -2.05. The molecule has 0 radical (unpaired) electrons. The van der Waals surface area contributed by atoms with Crippen molar-refractivity contribution in [3.8, 4) is 17.5 Å². The summed E-state index contributed by atoms with van der Waals surface area (Å²) in [5.74, 6) is 0.0551. The van der Waals surface area contributed by atoms with E-state index in [-0.39, 0.29) is 17.4 Å². The number of aromatic nitrogens is 4. The highest BCUT2D eigenvalue weighted by atomic mass is 32.2. The van der Waals surface area contributed by atoms with Gasteiger partial charge in [0.1, 0.15) is 16.8 Å². The van der Waals surface area contributed by atoms with Gasteiger partial charge in [-0.3, -0.25) is 4.79 Å². The number of thioether (sulfide) groups is 1. The normalized spacial score (nSPS) is 12.6. The van der Waals surface area contributed by atoms with Crippen molar-refractivity contribution in [1.82, 2.24) is 20.2 Å². The molecule has 27 heavy (non-hydrogen) atoms. The number of aromatic hydroxyl groups is 1. The molecule has 1 aliphatic carbocycles. The molecule has 1 amide bonds. The van der Waals surface area contributed by atoms with Gasteiger partial charge in [0.15, 0.2) is 0 Å². The lowest BCUT2D eigenvalue weighted by Crippen LogP contribution is -2.14. The molecule has 0 unspecified atom stereocenters. The summed E-state index contributed by atoms with van der Waals surface area (Å²) in [6.07, 6.45) is 2.95. The Labute approximate surface area is 162 Å². The lowest BCUT2D eigenvalue weighted by molar-refractivity contribution is -0.113. The summed E-state index contributed by atoms with van der Waals surface area (Å²) < 4.78 is 1.50. The monoisotopic (exact) mass is 398 g/mol. The number of thiophene rings is 1. The van der Waals surface area contributed by atoms with Gasteiger partial charge >= 0.3 is 0 Å². The molecule has 0 atom stereocenters. The van der Waals surface area contributed by atoms with Crippen molar-refractivity contribution in [3.63, 3.8) is 0 Å². The van der Waals surface area contributed by atoms with Crippen LogP contribution in [0.5, 0.6) is 5.75 Å². The minimum Gasteiger partial charge on any atom is -0.508 e. The Balaban J connectivity index is 1.43. The van der Waals surface area contributed by atoms with Crippen molar-refractivity contribution in [1.29, 1.82) is 5.26 Å². The molecule has 4 rings (SSSR count). The Morgan fingerprint density at radius 3 is 2.96 bits per heavy atom. The average Bonchev–Trinajstić information content (AvgIpc) is 3.36. The summed E-state index contributed by atoms with van der Waals surface area (Å²) in [5.41, 5.74) is 2.36. The van der Waals surface area contributed by atoms with Crippen molar-refractivity contribution in [3.05, 3.63) is 40.3 Å². The van der Waals surface area contributed by atoms with Gasteiger partial charge in [0.25, 0.3) is 0 Å². The smallest absolute Gasteiger partial charge is 0.235 e. The van der Waals surface area contributed by atoms with Crippen LogP contribution in [0.2, 0.25) is 0 Å². The molecule has 2 heterocycles. The second-order valence-electron chi connectivity index (χ2n) is 5.90. The van der Waals surface area contributed by atoms with Crippen molar-refractivity contribution in [2.75, 3.05) is 11.1 Å². The number of amides is 1. The SMILES string of the molecule is N#Cc1c(NC(=O)CSc2nnnn2-c2ccc(O)cc2)sc2c1CCC2. The van der Waals surface area contributed by atoms with E-state index in [1.54, 1.807) is 12.1 Å². The van der Waals surface area contributed by atoms with Crippen LogP contribution in [0.25, 0.3) is 5.69 Å². The first kappa shape index (κ1) is 17.5. The maximum atomic E-state index is 12.3. The summed E-state index contributed by atoms with van der Waals surface area (Å²) in [4.78, 5) is 13.5. The zero-order valence-electron chi connectivity index (χ0n) is 14.0. The largest absolute Gasteiger partial charge is 0.508 e. The predicted molar refractivity (Wildman–Crippen MR) is 101 cm³/mol. The molecular formula is C17H14N6O2S2. The number of carbonyl (C=O) groups excluding carboxylic acids is 1. The second-order valence-corrected chi connectivity index (χ2v) is 7.95. The van der Waals surface area contributed by atoms with Crippen molar-refractivity contribution < 1.29 is 9.90 Å². The van der Waals surface area contributed by atoms with Crippen molar-refractivity contribution >= 4 is 34.0 Å². The van der Waals surface area contributed by atoms with Crippen LogP contribution in [0.3, 0.4) is 0 Å². The zero-order valence-corrected chi connectivity index (χ0v) is 15.7. The number of rotatable bonds is 5. The van der Waals surface area contributed by atoms with Gasteiger partial charge in [-0.1, -0.05) is 11.8 Å². The first-order valence-electron chi connectivity index (χ1n) is 8.21. The number of hydrogen-bond donors (Lipinski definition) is 2. The topological polar surface area (TPSA) is 117 Å². The summed E-state index contributed by atoms with van der Waals surface area (Å²) in [7, 11) is 0. The van der Waals surface area contributed by atoms with E-state index in [0.717, 1.165) is 24.8 Å². The van der Waals surface area contributed by atoms with Gasteiger partial charge in [0, 0.05) is 4.88 Å². The molecule has 1 aromatic carbocycles. The highest BCUT2D eigenvalue weighted by Gasteiger charge is 2.23. The van der Waals surface area contributed by atoms with Crippen molar-refractivity contribution in [2.45, 2.75) is 24.4 Å². The zero-order chi connectivity index (χ0) is 18.8. The molecule has 8 nitrogen and oxygen atoms in total. The highest BCUT2D eigenvalue weighted by Crippen LogP contribution is 2.38. The standard InChI is InChI=1S/C17H14N6O2S2/c18-8-13-12-2-1-3-14(12)27-16(13)19-15(25)9-26-17-20-21-22-23(17)10-4-6-11(24)7-5-10/h4-7,24H,1-3,9H2,(H,19,25). The molecule has 0 saturated carbocycles. The molecule has 0 saturated heterocycles. The van der Waals surface area contributed by atoms with Crippen LogP contribution in [-0.2, 0) is 17.6 Å². The molecule has 0 aliphatic heterocycles. The average molecular weight is 398 g/mol. The van der Waals surface area contributed by atoms with Gasteiger partial charge in [-0.15, -0.1) is 16.4 Å². The van der Waals surface area contributed by atoms with Crippen LogP contribution in [0, 0.1) is 11.3 Å². The van der Waals surface area contributed by atoms with E-state index in [1.165, 1.54) is 44.8 Å². The van der Waals surface area contributed by atoms with Crippen LogP contribution in [0.1, 0.15) is 22.4 Å². The number of tetrazole rings is 1. The summed E-state index contributed by atoms with van der Waals surface area (Å²) in [6.45, 7) is 0. The fourth-order valence-corrected chi connectivity index (χ4v) is 4.87. The number of fused-ring (bicyclic) bond motifs is 1. The lowest BCUT2D eigenvalue weighted by atomic mass is 10.1. The number of aryl methyl sites for hydroxylation is 1.